The third kappa shape index (κ3) is 3.24. The van der Waals surface area contributed by atoms with E-state index in [1.165, 1.54) is 0 Å². The van der Waals surface area contributed by atoms with E-state index in [0.29, 0.717) is 30.3 Å². The number of aryl methyl sites for hydroxylation is 2. The summed E-state index contributed by atoms with van der Waals surface area (Å²) in [5.74, 6) is 2.78. The van der Waals surface area contributed by atoms with Crippen LogP contribution < -0.4 is 9.47 Å². The van der Waals surface area contributed by atoms with Gasteiger partial charge in [0.15, 0.2) is 23.4 Å². The number of fused-ring (bicyclic) bond motifs is 1. The second-order valence-electron chi connectivity index (χ2n) is 7.10. The van der Waals surface area contributed by atoms with Gasteiger partial charge in [-0.05, 0) is 39.0 Å². The highest BCUT2D eigenvalue weighted by Crippen LogP contribution is 2.31. The van der Waals surface area contributed by atoms with Crippen LogP contribution in [-0.4, -0.2) is 46.8 Å². The van der Waals surface area contributed by atoms with Gasteiger partial charge in [-0.2, -0.15) is 0 Å². The van der Waals surface area contributed by atoms with Crippen molar-refractivity contribution >= 4 is 5.91 Å². The highest BCUT2D eigenvalue weighted by Gasteiger charge is 2.26. The predicted molar refractivity (Wildman–Crippen MR) is 103 cm³/mol. The Bertz CT molecular complexity index is 1020. The second-order valence-corrected chi connectivity index (χ2v) is 7.10. The second kappa shape index (κ2) is 7.07. The number of aromatic nitrogens is 2. The largest absolute Gasteiger partial charge is 0.486 e. The average molecular weight is 381 g/mol. The number of hydrogen-bond acceptors (Lipinski definition) is 5. The lowest BCUT2D eigenvalue weighted by Crippen LogP contribution is -2.41. The van der Waals surface area contributed by atoms with Crippen LogP contribution in [-0.2, 0) is 0 Å². The minimum atomic E-state index is -0.217. The molecule has 3 aromatic rings. The first-order valence-electron chi connectivity index (χ1n) is 9.20. The minimum Gasteiger partial charge on any atom is -0.486 e. The van der Waals surface area contributed by atoms with Crippen molar-refractivity contribution in [3.8, 4) is 17.3 Å². The van der Waals surface area contributed by atoms with Crippen molar-refractivity contribution in [2.24, 2.45) is 0 Å². The van der Waals surface area contributed by atoms with Gasteiger partial charge in [-0.15, -0.1) is 0 Å². The van der Waals surface area contributed by atoms with Crippen molar-refractivity contribution in [2.75, 3.05) is 20.2 Å². The maximum atomic E-state index is 13.1. The molecule has 28 heavy (non-hydrogen) atoms. The van der Waals surface area contributed by atoms with Gasteiger partial charge < -0.3 is 18.9 Å². The molecule has 7 nitrogen and oxygen atoms in total. The molecular formula is C21H23N3O4. The zero-order valence-corrected chi connectivity index (χ0v) is 16.4. The smallest absolute Gasteiger partial charge is 0.255 e. The summed E-state index contributed by atoms with van der Waals surface area (Å²) in [5, 5.41) is 4.07. The number of amides is 1. The van der Waals surface area contributed by atoms with Crippen LogP contribution in [0.3, 0.4) is 0 Å². The van der Waals surface area contributed by atoms with Gasteiger partial charge >= 0.3 is 0 Å². The number of hydrogen-bond donors (Lipinski definition) is 0. The maximum absolute atomic E-state index is 13.1. The molecule has 0 unspecified atom stereocenters. The van der Waals surface area contributed by atoms with E-state index in [-0.39, 0.29) is 12.0 Å². The average Bonchev–Trinajstić information content (AvgIpc) is 3.23. The Morgan fingerprint density at radius 1 is 1.21 bits per heavy atom. The summed E-state index contributed by atoms with van der Waals surface area (Å²) in [4.78, 5) is 14.7. The monoisotopic (exact) mass is 381 g/mol. The van der Waals surface area contributed by atoms with Crippen LogP contribution in [0.25, 0.3) is 5.82 Å². The molecule has 1 atom stereocenters. The molecule has 1 amide bonds. The fraction of sp³-hybridized carbons (Fsp3) is 0.333. The van der Waals surface area contributed by atoms with Crippen LogP contribution in [0.15, 0.2) is 40.9 Å². The lowest BCUT2D eigenvalue weighted by molar-refractivity contribution is 0.0520. The van der Waals surface area contributed by atoms with E-state index in [9.17, 15) is 4.79 Å². The SMILES string of the molecule is Cc1cc(-n2c(C)cc(C(=O)N(C)C[C@H]3COc4ccccc4O3)c2C)no1. The molecule has 0 N–H and O–H groups in total. The molecule has 0 aliphatic carbocycles. The van der Waals surface area contributed by atoms with E-state index in [1.807, 2.05) is 61.7 Å². The van der Waals surface area contributed by atoms with Crippen molar-refractivity contribution in [1.29, 1.82) is 0 Å². The third-order valence-corrected chi connectivity index (χ3v) is 4.90. The Labute approximate surface area is 163 Å². The summed E-state index contributed by atoms with van der Waals surface area (Å²) in [6.45, 7) is 6.54. The Balaban J connectivity index is 1.50. The fourth-order valence-corrected chi connectivity index (χ4v) is 3.54. The fourth-order valence-electron chi connectivity index (χ4n) is 3.54. The molecule has 0 saturated carbocycles. The Kier molecular flexibility index (Phi) is 4.58. The molecule has 7 heteroatoms. The van der Waals surface area contributed by atoms with Crippen molar-refractivity contribution in [2.45, 2.75) is 26.9 Å². The number of ether oxygens (including phenoxy) is 2. The van der Waals surface area contributed by atoms with Gasteiger partial charge in [0.25, 0.3) is 5.91 Å². The van der Waals surface area contributed by atoms with E-state index < -0.39 is 0 Å². The number of nitrogens with zero attached hydrogens (tertiary/aromatic N) is 3. The van der Waals surface area contributed by atoms with E-state index in [1.54, 1.807) is 11.9 Å². The van der Waals surface area contributed by atoms with Crippen LogP contribution in [0.2, 0.25) is 0 Å². The Morgan fingerprint density at radius 2 is 1.96 bits per heavy atom. The van der Waals surface area contributed by atoms with E-state index in [0.717, 1.165) is 22.9 Å². The third-order valence-electron chi connectivity index (χ3n) is 4.90. The molecule has 0 fully saturated rings. The van der Waals surface area contributed by atoms with Gasteiger partial charge in [0.1, 0.15) is 12.4 Å². The maximum Gasteiger partial charge on any atom is 0.255 e. The molecule has 1 aliphatic heterocycles. The minimum absolute atomic E-state index is 0.0676. The molecule has 0 bridgehead atoms. The van der Waals surface area contributed by atoms with Crippen molar-refractivity contribution < 1.29 is 18.8 Å². The molecule has 2 aromatic heterocycles. The zero-order chi connectivity index (χ0) is 19.8. The van der Waals surface area contributed by atoms with Crippen molar-refractivity contribution in [3.63, 3.8) is 0 Å². The van der Waals surface area contributed by atoms with E-state index in [4.69, 9.17) is 14.0 Å². The Morgan fingerprint density at radius 3 is 2.68 bits per heavy atom. The first-order valence-corrected chi connectivity index (χ1v) is 9.20. The lowest BCUT2D eigenvalue weighted by atomic mass is 10.2. The summed E-state index contributed by atoms with van der Waals surface area (Å²) in [7, 11) is 1.78. The molecular weight excluding hydrogens is 358 g/mol. The summed E-state index contributed by atoms with van der Waals surface area (Å²) in [6.07, 6.45) is -0.217. The highest BCUT2D eigenvalue weighted by molar-refractivity contribution is 5.95. The molecule has 1 aromatic carbocycles. The predicted octanol–water partition coefficient (Wildman–Crippen LogP) is 3.30. The molecule has 4 rings (SSSR count). The lowest BCUT2D eigenvalue weighted by Gasteiger charge is -2.29. The van der Waals surface area contributed by atoms with Gasteiger partial charge in [0, 0.05) is 24.5 Å². The van der Waals surface area contributed by atoms with Crippen LogP contribution in [0.1, 0.15) is 27.5 Å². The van der Waals surface area contributed by atoms with Crippen LogP contribution in [0, 0.1) is 20.8 Å². The highest BCUT2D eigenvalue weighted by atomic mass is 16.6. The number of rotatable bonds is 4. The Hall–Kier alpha value is -3.22. The number of para-hydroxylation sites is 2. The number of carbonyl (C=O) groups is 1. The molecule has 146 valence electrons. The van der Waals surface area contributed by atoms with Gasteiger partial charge in [-0.25, -0.2) is 0 Å². The van der Waals surface area contributed by atoms with Crippen molar-refractivity contribution in [3.05, 3.63) is 59.1 Å². The van der Waals surface area contributed by atoms with E-state index in [2.05, 4.69) is 5.16 Å². The van der Waals surface area contributed by atoms with Crippen LogP contribution in [0.4, 0.5) is 0 Å². The standard InChI is InChI=1S/C21H23N3O4/c1-13-9-17(15(3)24(13)20-10-14(2)28-22-20)21(25)23(4)11-16-12-26-18-7-5-6-8-19(18)27-16/h5-10,16H,11-12H2,1-4H3/t16-/m0/s1. The number of benzene rings is 1. The van der Waals surface area contributed by atoms with Crippen LogP contribution in [0.5, 0.6) is 11.5 Å². The van der Waals surface area contributed by atoms with Gasteiger partial charge in [-0.3, -0.25) is 9.36 Å². The molecule has 0 radical (unpaired) electrons. The van der Waals surface area contributed by atoms with Gasteiger partial charge in [0.2, 0.25) is 0 Å². The first-order chi connectivity index (χ1) is 13.4. The summed E-state index contributed by atoms with van der Waals surface area (Å²) in [6, 6.07) is 11.3. The van der Waals surface area contributed by atoms with Crippen LogP contribution >= 0.6 is 0 Å². The topological polar surface area (TPSA) is 69.7 Å². The van der Waals surface area contributed by atoms with Gasteiger partial charge in [0.05, 0.1) is 12.1 Å². The first kappa shape index (κ1) is 18.2. The summed E-state index contributed by atoms with van der Waals surface area (Å²) < 4.78 is 18.8. The quantitative estimate of drug-likeness (QED) is 0.694. The van der Waals surface area contributed by atoms with Gasteiger partial charge in [-0.1, -0.05) is 17.3 Å². The number of likely N-dealkylation sites (N-methyl/N-ethyl adjacent to an activating group) is 1. The summed E-state index contributed by atoms with van der Waals surface area (Å²) >= 11 is 0. The molecule has 0 spiro atoms. The number of carbonyl (C=O) groups excluding carboxylic acids is 1. The zero-order valence-electron chi connectivity index (χ0n) is 16.4. The normalized spacial score (nSPS) is 15.5. The van der Waals surface area contributed by atoms with E-state index >= 15 is 0 Å². The molecule has 1 aliphatic rings. The molecule has 3 heterocycles. The summed E-state index contributed by atoms with van der Waals surface area (Å²) in [5.41, 5.74) is 2.39. The van der Waals surface area contributed by atoms with Crippen molar-refractivity contribution in [1.82, 2.24) is 14.6 Å². The molecule has 0 saturated heterocycles.